The van der Waals surface area contributed by atoms with Gasteiger partial charge in [0.1, 0.15) is 0 Å². The molecule has 0 aliphatic heterocycles. The molecule has 26 heavy (non-hydrogen) atoms. The summed E-state index contributed by atoms with van der Waals surface area (Å²) < 4.78 is 5.85. The van der Waals surface area contributed by atoms with Crippen molar-refractivity contribution in [2.75, 3.05) is 40.3 Å². The van der Waals surface area contributed by atoms with Crippen LogP contribution in [-0.4, -0.2) is 57.1 Å². The molecule has 0 spiro atoms. The molecule has 1 unspecified atom stereocenters. The highest BCUT2D eigenvalue weighted by molar-refractivity contribution is 14.0. The summed E-state index contributed by atoms with van der Waals surface area (Å²) in [7, 11) is 3.52. The van der Waals surface area contributed by atoms with Crippen molar-refractivity contribution in [2.45, 2.75) is 32.8 Å². The van der Waals surface area contributed by atoms with Gasteiger partial charge in [0.25, 0.3) is 0 Å². The number of carbonyl (C=O) groups excluding carboxylic acids is 1. The van der Waals surface area contributed by atoms with Crippen molar-refractivity contribution in [2.24, 2.45) is 4.99 Å². The van der Waals surface area contributed by atoms with Crippen LogP contribution in [0.2, 0.25) is 0 Å². The molecule has 7 heteroatoms. The van der Waals surface area contributed by atoms with E-state index in [1.807, 2.05) is 25.1 Å². The first kappa shape index (κ1) is 24.7. The second-order valence-electron chi connectivity index (χ2n) is 6.00. The van der Waals surface area contributed by atoms with Crippen molar-refractivity contribution in [1.82, 2.24) is 15.5 Å². The van der Waals surface area contributed by atoms with E-state index in [0.29, 0.717) is 26.1 Å². The molecule has 0 aliphatic rings. The van der Waals surface area contributed by atoms with Gasteiger partial charge in [0.15, 0.2) is 5.96 Å². The second-order valence-corrected chi connectivity index (χ2v) is 6.00. The molecule has 0 aliphatic carbocycles. The van der Waals surface area contributed by atoms with Gasteiger partial charge in [-0.25, -0.2) is 0 Å². The van der Waals surface area contributed by atoms with Crippen molar-refractivity contribution in [3.63, 3.8) is 0 Å². The van der Waals surface area contributed by atoms with Crippen LogP contribution in [0, 0.1) is 0 Å². The summed E-state index contributed by atoms with van der Waals surface area (Å²) in [5.41, 5.74) is 1.19. The Morgan fingerprint density at radius 2 is 1.92 bits per heavy atom. The Labute approximate surface area is 174 Å². The zero-order valence-electron chi connectivity index (χ0n) is 16.3. The lowest BCUT2D eigenvalue weighted by Gasteiger charge is -2.14. The molecule has 2 N–H and O–H groups in total. The van der Waals surface area contributed by atoms with Crippen LogP contribution in [0.15, 0.2) is 35.3 Å². The molecule has 1 amide bonds. The molecule has 1 rings (SSSR count). The standard InChI is InChI=1S/C19H32N4O2.HI/c1-5-20-19(22-14-12-18(24)23(3)4)21-13-9-15-25-16(2)17-10-7-6-8-11-17;/h6-8,10-11,16H,5,9,12-15H2,1-4H3,(H2,20,21,22);1H. The third-order valence-corrected chi connectivity index (χ3v) is 3.68. The topological polar surface area (TPSA) is 66.0 Å². The van der Waals surface area contributed by atoms with E-state index in [2.05, 4.69) is 34.7 Å². The van der Waals surface area contributed by atoms with Gasteiger partial charge >= 0.3 is 0 Å². The van der Waals surface area contributed by atoms with E-state index in [1.165, 1.54) is 5.56 Å². The molecule has 148 valence electrons. The first-order valence-corrected chi connectivity index (χ1v) is 8.93. The summed E-state index contributed by atoms with van der Waals surface area (Å²) in [6, 6.07) is 10.2. The van der Waals surface area contributed by atoms with Gasteiger partial charge in [-0.15, -0.1) is 24.0 Å². The first-order valence-electron chi connectivity index (χ1n) is 8.93. The van der Waals surface area contributed by atoms with Gasteiger partial charge in [-0.2, -0.15) is 0 Å². The lowest BCUT2D eigenvalue weighted by Crippen LogP contribution is -2.39. The van der Waals surface area contributed by atoms with Crippen LogP contribution in [0.1, 0.15) is 38.4 Å². The highest BCUT2D eigenvalue weighted by atomic mass is 127. The molecule has 1 aromatic rings. The fourth-order valence-corrected chi connectivity index (χ4v) is 2.19. The molecule has 0 heterocycles. The minimum atomic E-state index is 0. The molecule has 0 aromatic heterocycles. The molecule has 0 saturated carbocycles. The van der Waals surface area contributed by atoms with E-state index in [1.54, 1.807) is 19.0 Å². The van der Waals surface area contributed by atoms with E-state index in [0.717, 1.165) is 18.9 Å². The monoisotopic (exact) mass is 476 g/mol. The maximum atomic E-state index is 11.6. The van der Waals surface area contributed by atoms with E-state index in [-0.39, 0.29) is 36.0 Å². The van der Waals surface area contributed by atoms with Crippen LogP contribution in [0.4, 0.5) is 0 Å². The lowest BCUT2D eigenvalue weighted by molar-refractivity contribution is -0.128. The number of ether oxygens (including phenoxy) is 1. The number of nitrogens with zero attached hydrogens (tertiary/aromatic N) is 2. The molecule has 0 radical (unpaired) electrons. The van der Waals surface area contributed by atoms with Gasteiger partial charge in [-0.1, -0.05) is 30.3 Å². The number of benzene rings is 1. The number of nitrogens with one attached hydrogen (secondary N) is 2. The maximum Gasteiger partial charge on any atom is 0.223 e. The second kappa shape index (κ2) is 14.8. The van der Waals surface area contributed by atoms with E-state index in [9.17, 15) is 4.79 Å². The van der Waals surface area contributed by atoms with Crippen molar-refractivity contribution in [3.05, 3.63) is 35.9 Å². The average molecular weight is 476 g/mol. The Morgan fingerprint density at radius 3 is 2.54 bits per heavy atom. The summed E-state index contributed by atoms with van der Waals surface area (Å²) in [5, 5.41) is 6.37. The fourth-order valence-electron chi connectivity index (χ4n) is 2.19. The molecule has 0 fully saturated rings. The van der Waals surface area contributed by atoms with Crippen LogP contribution >= 0.6 is 24.0 Å². The SMILES string of the molecule is CCNC(=NCCCOC(C)c1ccccc1)NCCC(=O)N(C)C.I. The van der Waals surface area contributed by atoms with Crippen molar-refractivity contribution in [3.8, 4) is 0 Å². The summed E-state index contributed by atoms with van der Waals surface area (Å²) in [6.45, 7) is 6.79. The number of amides is 1. The minimum absolute atomic E-state index is 0. The molecular weight excluding hydrogens is 443 g/mol. The van der Waals surface area contributed by atoms with Gasteiger partial charge < -0.3 is 20.3 Å². The van der Waals surface area contributed by atoms with Gasteiger partial charge in [0, 0.05) is 46.8 Å². The zero-order chi connectivity index (χ0) is 18.5. The summed E-state index contributed by atoms with van der Waals surface area (Å²) in [6.07, 6.45) is 1.40. The Bertz CT molecular complexity index is 524. The number of carbonyl (C=O) groups is 1. The highest BCUT2D eigenvalue weighted by Gasteiger charge is 2.05. The van der Waals surface area contributed by atoms with Crippen LogP contribution in [0.25, 0.3) is 0 Å². The molecule has 1 aromatic carbocycles. The number of hydrogen-bond acceptors (Lipinski definition) is 3. The number of guanidine groups is 1. The fraction of sp³-hybridized carbons (Fsp3) is 0.579. The van der Waals surface area contributed by atoms with Crippen LogP contribution in [0.3, 0.4) is 0 Å². The van der Waals surface area contributed by atoms with Gasteiger partial charge in [0.2, 0.25) is 5.91 Å². The van der Waals surface area contributed by atoms with Crippen molar-refractivity contribution < 1.29 is 9.53 Å². The number of rotatable bonds is 10. The van der Waals surface area contributed by atoms with Crippen LogP contribution in [-0.2, 0) is 9.53 Å². The maximum absolute atomic E-state index is 11.6. The number of hydrogen-bond donors (Lipinski definition) is 2. The Balaban J connectivity index is 0.00000625. The quantitative estimate of drug-likeness (QED) is 0.236. The van der Waals surface area contributed by atoms with Crippen LogP contribution in [0.5, 0.6) is 0 Å². The summed E-state index contributed by atoms with van der Waals surface area (Å²) in [4.78, 5) is 17.7. The van der Waals surface area contributed by atoms with Gasteiger partial charge in [0.05, 0.1) is 6.10 Å². The Kier molecular flexibility index (Phi) is 14.0. The van der Waals surface area contributed by atoms with E-state index < -0.39 is 0 Å². The van der Waals surface area contributed by atoms with E-state index >= 15 is 0 Å². The average Bonchev–Trinajstić information content (AvgIpc) is 2.61. The van der Waals surface area contributed by atoms with Gasteiger partial charge in [-0.3, -0.25) is 9.79 Å². The molecule has 6 nitrogen and oxygen atoms in total. The first-order chi connectivity index (χ1) is 12.0. The smallest absolute Gasteiger partial charge is 0.223 e. The van der Waals surface area contributed by atoms with Crippen molar-refractivity contribution >= 4 is 35.8 Å². The zero-order valence-corrected chi connectivity index (χ0v) is 18.7. The Morgan fingerprint density at radius 1 is 1.23 bits per heavy atom. The molecule has 1 atom stereocenters. The molecular formula is C19H33IN4O2. The van der Waals surface area contributed by atoms with Crippen molar-refractivity contribution in [1.29, 1.82) is 0 Å². The third kappa shape index (κ3) is 10.6. The summed E-state index contributed by atoms with van der Waals surface area (Å²) >= 11 is 0. The molecule has 0 bridgehead atoms. The Hall–Kier alpha value is -1.35. The third-order valence-electron chi connectivity index (χ3n) is 3.68. The largest absolute Gasteiger partial charge is 0.374 e. The normalized spacial score (nSPS) is 12.1. The highest BCUT2D eigenvalue weighted by Crippen LogP contribution is 2.15. The minimum Gasteiger partial charge on any atom is -0.374 e. The van der Waals surface area contributed by atoms with E-state index in [4.69, 9.17) is 4.74 Å². The van der Waals surface area contributed by atoms with Crippen LogP contribution < -0.4 is 10.6 Å². The van der Waals surface area contributed by atoms with Gasteiger partial charge in [-0.05, 0) is 25.8 Å². The molecule has 0 saturated heterocycles. The number of halogens is 1. The lowest BCUT2D eigenvalue weighted by atomic mass is 10.1. The predicted octanol–water partition coefficient (Wildman–Crippen LogP) is 2.81. The predicted molar refractivity (Wildman–Crippen MR) is 118 cm³/mol. The summed E-state index contributed by atoms with van der Waals surface area (Å²) in [5.74, 6) is 0.844. The number of aliphatic imine (C=N–C) groups is 1.